The maximum absolute atomic E-state index is 11.9. The van der Waals surface area contributed by atoms with Crippen LogP contribution in [-0.4, -0.2) is 299 Å². The number of ether oxygens (including phenoxy) is 18. The Kier molecular flexibility index (Phi) is 69.9. The molecule has 0 saturated carbocycles. The normalized spacial score (nSPS) is 10.8. The summed E-state index contributed by atoms with van der Waals surface area (Å²) in [5, 5.41) is 0. The van der Waals surface area contributed by atoms with Crippen molar-refractivity contribution in [2.75, 3.05) is 154 Å². The zero-order chi connectivity index (χ0) is 82.3. The van der Waals surface area contributed by atoms with Crippen LogP contribution < -0.4 is 0 Å². The number of rotatable bonds is 30. The third kappa shape index (κ3) is 132. The standard InChI is InChI=1S/C6H11FO5S.2C5H9FO5S.C5H10O6S.2C4H7FO5S.C4H8O6S.C3H5FO5S.C3H6O6S/c1-2-11-6(8)12-4-3-5-13(7,9)10;1-10-5(7)11-3-2-4-12(6,8)9;1-2-10-5(7)11-3-4-12(6,8)9;1-10-5(6)11-3-2-4-12(7,8)9;1-9-4(6)10-2-3-11(5,7)8;1-2-9-4(6)10-3-11(5,7)8;1-9-4(5)10-2-3-11(6,7)8;1-8-3(5)9-2-10(4,6)7;1-8-3(4)9-2-10(5,6)7/h2-5H2,1H3;2*2-4H2,1H3;2-4H2,1H3,(H,7,8,9);2*2-3H2,1H3;2-3H2,1H3,(H,6,7,8);2H2,1H3;2H2,1H3,(H,5,6,7). The number of hydrogen-bond donors (Lipinski definition) is 3. The lowest BCUT2D eigenvalue weighted by molar-refractivity contribution is 0.0588. The van der Waals surface area contributed by atoms with E-state index in [9.17, 15) is 142 Å². The molecule has 612 valence electrons. The van der Waals surface area contributed by atoms with Gasteiger partial charge in [0.25, 0.3) is 20.2 Å². The number of carbonyl (C=O) groups excluding carboxylic acids is 9. The van der Waals surface area contributed by atoms with Crippen LogP contribution in [0.15, 0.2) is 0 Å². The highest BCUT2D eigenvalue weighted by atomic mass is 32.3. The van der Waals surface area contributed by atoms with Crippen LogP contribution in [0.3, 0.4) is 0 Å². The van der Waals surface area contributed by atoms with Gasteiger partial charge in [0, 0.05) is 0 Å². The van der Waals surface area contributed by atoms with E-state index < -0.39 is 219 Å². The summed E-state index contributed by atoms with van der Waals surface area (Å²) in [7, 11) is -33.4. The summed E-state index contributed by atoms with van der Waals surface area (Å²) in [5.41, 5.74) is 0. The highest BCUT2D eigenvalue weighted by Gasteiger charge is 2.16. The van der Waals surface area contributed by atoms with Crippen molar-refractivity contribution in [1.29, 1.82) is 0 Å². The summed E-state index contributed by atoms with van der Waals surface area (Å²) in [4.78, 5) is 91.9. The van der Waals surface area contributed by atoms with Crippen LogP contribution in [0, 0.1) is 0 Å². The molecule has 0 saturated heterocycles. The molecule has 0 aromatic heterocycles. The van der Waals surface area contributed by atoms with E-state index in [1.807, 2.05) is 0 Å². The molecule has 0 bridgehead atoms. The van der Waals surface area contributed by atoms with Gasteiger partial charge in [-0.1, -0.05) is 0 Å². The first-order chi connectivity index (χ1) is 46.1. The SMILES string of the molecule is CCOC(=O)OCCCS(=O)(=O)F.CCOC(=O)OCCS(=O)(=O)F.CCOC(=O)OCS(=O)(=O)F.COC(=O)OCCCS(=O)(=O)F.COC(=O)OCCCS(=O)(=O)O.COC(=O)OCCS(=O)(=O)F.COC(=O)OCCS(=O)(=O)O.COC(=O)OCS(=O)(=O)F.COC(=O)OCS(=O)(=O)O. The van der Waals surface area contributed by atoms with Crippen molar-refractivity contribution in [1.82, 2.24) is 0 Å². The van der Waals surface area contributed by atoms with Crippen LogP contribution in [-0.2, 0) is 177 Å². The van der Waals surface area contributed by atoms with Crippen LogP contribution in [0.5, 0.6) is 0 Å². The van der Waals surface area contributed by atoms with E-state index in [1.54, 1.807) is 13.8 Å². The highest BCUT2D eigenvalue weighted by Crippen LogP contribution is 2.00. The molecule has 0 amide bonds. The van der Waals surface area contributed by atoms with Crippen molar-refractivity contribution in [2.45, 2.75) is 40.0 Å². The Hall–Kier alpha value is -7.56. The molecule has 0 aliphatic heterocycles. The predicted molar refractivity (Wildman–Crippen MR) is 317 cm³/mol. The fraction of sp³-hybridized carbons (Fsp3) is 0.769. The summed E-state index contributed by atoms with van der Waals surface area (Å²) >= 11 is 0. The average molecular weight is 1710 g/mol. The Morgan fingerprint density at radius 1 is 0.235 bits per heavy atom. The maximum atomic E-state index is 11.9. The Balaban J connectivity index is -0.000000136. The van der Waals surface area contributed by atoms with Gasteiger partial charge in [-0.25, -0.2) is 43.2 Å². The predicted octanol–water partition coefficient (Wildman–Crippen LogP) is 1.60. The van der Waals surface area contributed by atoms with Crippen LogP contribution >= 0.6 is 0 Å². The molecule has 3 N–H and O–H groups in total. The van der Waals surface area contributed by atoms with Crippen molar-refractivity contribution in [3.8, 4) is 0 Å². The topological polar surface area (TPSA) is 688 Å². The first-order valence-corrected chi connectivity index (χ1v) is 39.3. The zero-order valence-electron chi connectivity index (χ0n) is 54.0. The lowest BCUT2D eigenvalue weighted by Gasteiger charge is -2.02. The molecule has 0 fully saturated rings. The fourth-order valence-electron chi connectivity index (χ4n) is 3.04. The molecular weight excluding hydrogens is 1640 g/mol. The molecule has 0 radical (unpaired) electrons. The van der Waals surface area contributed by atoms with Crippen molar-refractivity contribution in [2.24, 2.45) is 0 Å². The van der Waals surface area contributed by atoms with E-state index >= 15 is 0 Å². The molecule has 0 heterocycles. The quantitative estimate of drug-likeness (QED) is 0.0229. The monoisotopic (exact) mass is 1710 g/mol. The van der Waals surface area contributed by atoms with Gasteiger partial charge in [0.05, 0.1) is 99.6 Å². The summed E-state index contributed by atoms with van der Waals surface area (Å²) in [6.07, 6.45) is -9.36. The average Bonchev–Trinajstić information content (AvgIpc) is 1.09. The Labute approximate surface area is 580 Å². The van der Waals surface area contributed by atoms with Crippen LogP contribution in [0.1, 0.15) is 40.0 Å². The largest absolute Gasteiger partial charge is 0.509 e. The number of methoxy groups -OCH3 is 6. The second-order valence-corrected chi connectivity index (χ2v) is 28.0. The van der Waals surface area contributed by atoms with Crippen molar-refractivity contribution < 1.29 is 241 Å². The minimum absolute atomic E-state index is 0.0468. The van der Waals surface area contributed by atoms with Gasteiger partial charge in [-0.2, -0.15) is 75.8 Å². The molecular formula is C39H72F6O48S9. The van der Waals surface area contributed by atoms with E-state index in [0.29, 0.717) is 0 Å². The van der Waals surface area contributed by atoms with Gasteiger partial charge in [0.15, 0.2) is 0 Å². The van der Waals surface area contributed by atoms with Gasteiger partial charge in [-0.05, 0) is 40.0 Å². The van der Waals surface area contributed by atoms with Crippen LogP contribution in [0.2, 0.25) is 0 Å². The van der Waals surface area contributed by atoms with E-state index in [0.717, 1.165) is 42.7 Å². The minimum Gasteiger partial charge on any atom is -0.438 e. The first kappa shape index (κ1) is 113. The molecule has 0 spiro atoms. The van der Waals surface area contributed by atoms with Crippen LogP contribution in [0.25, 0.3) is 0 Å². The van der Waals surface area contributed by atoms with E-state index in [1.165, 1.54) is 6.92 Å². The Bertz CT molecular complexity index is 3310. The van der Waals surface area contributed by atoms with Crippen LogP contribution in [0.4, 0.5) is 66.5 Å². The van der Waals surface area contributed by atoms with E-state index in [2.05, 4.69) is 85.3 Å². The minimum atomic E-state index is -4.76. The van der Waals surface area contributed by atoms with E-state index in [-0.39, 0.29) is 58.9 Å². The lowest BCUT2D eigenvalue weighted by atomic mass is 10.5. The van der Waals surface area contributed by atoms with Crippen molar-refractivity contribution in [3.63, 3.8) is 0 Å². The molecule has 0 rings (SSSR count). The van der Waals surface area contributed by atoms with Gasteiger partial charge in [0.2, 0.25) is 17.8 Å². The smallest absolute Gasteiger partial charge is 0.438 e. The van der Waals surface area contributed by atoms with Gasteiger partial charge in [0.1, 0.15) is 37.1 Å². The molecule has 48 nitrogen and oxygen atoms in total. The second-order valence-electron chi connectivity index (χ2n) is 14.9. The van der Waals surface area contributed by atoms with Gasteiger partial charge >= 0.3 is 127 Å². The lowest BCUT2D eigenvalue weighted by Crippen LogP contribution is -2.14. The maximum Gasteiger partial charge on any atom is 0.509 e. The summed E-state index contributed by atoms with van der Waals surface area (Å²) in [5.74, 6) is -7.72. The summed E-state index contributed by atoms with van der Waals surface area (Å²) in [6, 6.07) is 0. The van der Waals surface area contributed by atoms with Crippen molar-refractivity contribution >= 4 is 147 Å². The third-order valence-electron chi connectivity index (χ3n) is 6.67. The molecule has 0 aromatic carbocycles. The van der Waals surface area contributed by atoms with E-state index in [4.69, 9.17) is 13.7 Å². The summed E-state index contributed by atoms with van der Waals surface area (Å²) in [6.45, 7) is 3.12. The second kappa shape index (κ2) is 63.2. The molecule has 63 heteroatoms. The van der Waals surface area contributed by atoms with Gasteiger partial charge < -0.3 is 85.3 Å². The molecule has 0 aliphatic rings. The Morgan fingerprint density at radius 3 is 0.657 bits per heavy atom. The number of halogens is 6. The third-order valence-corrected chi connectivity index (χ3v) is 12.2. The highest BCUT2D eigenvalue weighted by molar-refractivity contribution is 7.88. The molecule has 0 aromatic rings. The van der Waals surface area contributed by atoms with Gasteiger partial charge in [-0.3, -0.25) is 13.7 Å². The number of carbonyl (C=O) groups is 9. The van der Waals surface area contributed by atoms with Gasteiger partial charge in [-0.15, -0.1) is 23.3 Å². The molecule has 0 aliphatic carbocycles. The van der Waals surface area contributed by atoms with Crippen molar-refractivity contribution in [3.05, 3.63) is 0 Å². The molecule has 0 atom stereocenters. The Morgan fingerprint density at radius 2 is 0.431 bits per heavy atom. The zero-order valence-corrected chi connectivity index (χ0v) is 61.4. The summed E-state index contributed by atoms with van der Waals surface area (Å²) < 4.78 is 346. The number of hydrogen-bond acceptors (Lipinski definition) is 45. The first-order valence-electron chi connectivity index (χ1n) is 25.1. The molecule has 102 heavy (non-hydrogen) atoms. The fourth-order valence-corrected chi connectivity index (χ4v) is 6.03. The molecule has 0 unspecified atom stereocenters.